The number of aromatic amines is 1. The highest BCUT2D eigenvalue weighted by Gasteiger charge is 2.31. The molecule has 6 heteroatoms. The number of nitrogens with two attached hydrogens (primary N) is 1. The molecule has 15 heavy (non-hydrogen) atoms. The van der Waals surface area contributed by atoms with E-state index in [0.29, 0.717) is 11.6 Å². The maximum Gasteiger partial charge on any atom is 0.299 e. The van der Waals surface area contributed by atoms with E-state index in [4.69, 9.17) is 10.6 Å². The first kappa shape index (κ1) is 9.97. The molecule has 82 valence electrons. The third-order valence-electron chi connectivity index (χ3n) is 2.58. The molecule has 1 aromatic heterocycles. The van der Waals surface area contributed by atoms with Gasteiger partial charge in [0.15, 0.2) is 5.69 Å². The van der Waals surface area contributed by atoms with Crippen molar-refractivity contribution in [1.29, 1.82) is 0 Å². The maximum absolute atomic E-state index is 11.7. The zero-order chi connectivity index (χ0) is 11.0. The Balaban J connectivity index is 2.24. The zero-order valence-corrected chi connectivity index (χ0v) is 8.78. The van der Waals surface area contributed by atoms with Gasteiger partial charge >= 0.3 is 0 Å². The minimum absolute atomic E-state index is 0.237. The van der Waals surface area contributed by atoms with Crippen molar-refractivity contribution in [2.24, 2.45) is 0 Å². The quantitative estimate of drug-likeness (QED) is 0.711. The van der Waals surface area contributed by atoms with E-state index in [2.05, 4.69) is 10.2 Å². The van der Waals surface area contributed by atoms with Crippen molar-refractivity contribution in [2.75, 3.05) is 19.9 Å². The van der Waals surface area contributed by atoms with E-state index in [0.717, 1.165) is 23.6 Å². The van der Waals surface area contributed by atoms with E-state index in [1.165, 1.54) is 14.2 Å². The van der Waals surface area contributed by atoms with Crippen LogP contribution >= 0.6 is 0 Å². The number of carbonyl (C=O) groups excluding carboxylic acids is 1. The fourth-order valence-electron chi connectivity index (χ4n) is 1.44. The molecule has 1 heterocycles. The molecule has 0 bridgehead atoms. The lowest BCUT2D eigenvalue weighted by atomic mass is 10.2. The number of aromatic nitrogens is 2. The lowest BCUT2D eigenvalue weighted by Crippen LogP contribution is -2.26. The summed E-state index contributed by atoms with van der Waals surface area (Å²) in [5.41, 5.74) is 7.41. The monoisotopic (exact) mass is 210 g/mol. The van der Waals surface area contributed by atoms with Gasteiger partial charge in [-0.15, -0.1) is 0 Å². The fourth-order valence-corrected chi connectivity index (χ4v) is 1.44. The van der Waals surface area contributed by atoms with Crippen molar-refractivity contribution in [1.82, 2.24) is 15.3 Å². The number of nitrogens with one attached hydrogen (secondary N) is 1. The molecule has 0 saturated heterocycles. The summed E-state index contributed by atoms with van der Waals surface area (Å²) in [5, 5.41) is 7.84. The van der Waals surface area contributed by atoms with Gasteiger partial charge in [0.25, 0.3) is 5.91 Å². The van der Waals surface area contributed by atoms with Crippen LogP contribution in [0, 0.1) is 0 Å². The number of rotatable bonds is 3. The Morgan fingerprint density at radius 2 is 2.33 bits per heavy atom. The average molecular weight is 210 g/mol. The lowest BCUT2D eigenvalue weighted by Gasteiger charge is -2.11. The molecule has 6 nitrogen and oxygen atoms in total. The van der Waals surface area contributed by atoms with E-state index in [1.54, 1.807) is 0 Å². The average Bonchev–Trinajstić information content (AvgIpc) is 3.01. The van der Waals surface area contributed by atoms with Crippen molar-refractivity contribution in [3.63, 3.8) is 0 Å². The van der Waals surface area contributed by atoms with Crippen LogP contribution in [0.25, 0.3) is 0 Å². The molecule has 0 radical (unpaired) electrons. The summed E-state index contributed by atoms with van der Waals surface area (Å²) in [4.78, 5) is 16.5. The van der Waals surface area contributed by atoms with Gasteiger partial charge in [-0.2, -0.15) is 5.10 Å². The molecule has 1 aliphatic carbocycles. The molecule has 1 fully saturated rings. The van der Waals surface area contributed by atoms with Crippen molar-refractivity contribution in [2.45, 2.75) is 18.8 Å². The predicted octanol–water partition coefficient (Wildman–Crippen LogP) is 0.503. The minimum atomic E-state index is -0.335. The Morgan fingerprint density at radius 1 is 1.67 bits per heavy atom. The second-order valence-corrected chi connectivity index (χ2v) is 3.66. The number of H-pyrrole nitrogens is 1. The molecule has 1 amide bonds. The van der Waals surface area contributed by atoms with Gasteiger partial charge < -0.3 is 5.73 Å². The van der Waals surface area contributed by atoms with Crippen molar-refractivity contribution >= 4 is 11.6 Å². The number of hydroxylamine groups is 2. The second kappa shape index (κ2) is 3.54. The van der Waals surface area contributed by atoms with E-state index >= 15 is 0 Å². The van der Waals surface area contributed by atoms with Gasteiger partial charge in [0.2, 0.25) is 0 Å². The summed E-state index contributed by atoms with van der Waals surface area (Å²) in [6, 6.07) is 0. The van der Waals surface area contributed by atoms with Crippen molar-refractivity contribution in [3.8, 4) is 0 Å². The molecule has 1 saturated carbocycles. The molecule has 0 spiro atoms. The van der Waals surface area contributed by atoms with Crippen LogP contribution in [0.2, 0.25) is 0 Å². The molecular weight excluding hydrogens is 196 g/mol. The summed E-state index contributed by atoms with van der Waals surface area (Å²) < 4.78 is 0. The fraction of sp³-hybridized carbons (Fsp3) is 0.556. The summed E-state index contributed by atoms with van der Waals surface area (Å²) in [5.74, 6) is 0.116. The van der Waals surface area contributed by atoms with Gasteiger partial charge in [-0.1, -0.05) is 0 Å². The molecule has 0 aromatic carbocycles. The van der Waals surface area contributed by atoms with Crippen LogP contribution < -0.4 is 5.73 Å². The molecule has 0 aliphatic heterocycles. The first-order chi connectivity index (χ1) is 7.15. The number of hydrogen-bond donors (Lipinski definition) is 2. The van der Waals surface area contributed by atoms with Crippen LogP contribution in [0.3, 0.4) is 0 Å². The van der Waals surface area contributed by atoms with Crippen LogP contribution in [-0.4, -0.2) is 35.3 Å². The van der Waals surface area contributed by atoms with E-state index in [9.17, 15) is 4.79 Å². The summed E-state index contributed by atoms with van der Waals surface area (Å²) >= 11 is 0. The van der Waals surface area contributed by atoms with Gasteiger partial charge in [-0.25, -0.2) is 5.06 Å². The van der Waals surface area contributed by atoms with Crippen LogP contribution in [0.5, 0.6) is 0 Å². The second-order valence-electron chi connectivity index (χ2n) is 3.66. The maximum atomic E-state index is 11.7. The van der Waals surface area contributed by atoms with Gasteiger partial charge in [-0.3, -0.25) is 14.7 Å². The summed E-state index contributed by atoms with van der Waals surface area (Å²) in [6.45, 7) is 0. The molecule has 3 N–H and O–H groups in total. The normalized spacial score (nSPS) is 15.3. The van der Waals surface area contributed by atoms with Gasteiger partial charge in [-0.05, 0) is 12.8 Å². The third-order valence-corrected chi connectivity index (χ3v) is 2.58. The predicted molar refractivity (Wildman–Crippen MR) is 54.1 cm³/mol. The highest BCUT2D eigenvalue weighted by atomic mass is 16.7. The van der Waals surface area contributed by atoms with E-state index in [1.807, 2.05) is 0 Å². The number of anilines is 1. The van der Waals surface area contributed by atoms with Crippen molar-refractivity contribution in [3.05, 3.63) is 11.4 Å². The number of nitrogens with zero attached hydrogens (tertiary/aromatic N) is 2. The van der Waals surface area contributed by atoms with E-state index in [-0.39, 0.29) is 11.6 Å². The Kier molecular flexibility index (Phi) is 2.36. The number of hydrogen-bond acceptors (Lipinski definition) is 4. The Hall–Kier alpha value is -1.56. The molecule has 2 rings (SSSR count). The smallest absolute Gasteiger partial charge is 0.299 e. The largest absolute Gasteiger partial charge is 0.395 e. The molecule has 0 atom stereocenters. The third kappa shape index (κ3) is 1.68. The highest BCUT2D eigenvalue weighted by Crippen LogP contribution is 2.42. The summed E-state index contributed by atoms with van der Waals surface area (Å²) in [6.07, 6.45) is 2.22. The molecular formula is C9H14N4O2. The van der Waals surface area contributed by atoms with Gasteiger partial charge in [0, 0.05) is 13.0 Å². The Labute approximate surface area is 87.3 Å². The molecule has 1 aliphatic rings. The van der Waals surface area contributed by atoms with Crippen LogP contribution in [-0.2, 0) is 4.84 Å². The first-order valence-electron chi connectivity index (χ1n) is 4.81. The van der Waals surface area contributed by atoms with Gasteiger partial charge in [0.1, 0.15) is 0 Å². The Bertz CT molecular complexity index is 383. The van der Waals surface area contributed by atoms with Crippen LogP contribution in [0.15, 0.2) is 0 Å². The minimum Gasteiger partial charge on any atom is -0.395 e. The molecule has 1 aromatic rings. The number of nitrogen functional groups attached to an aromatic ring is 1. The van der Waals surface area contributed by atoms with Gasteiger partial charge in [0.05, 0.1) is 18.5 Å². The highest BCUT2D eigenvalue weighted by molar-refractivity contribution is 5.97. The van der Waals surface area contributed by atoms with Crippen LogP contribution in [0.1, 0.15) is 34.9 Å². The molecule has 0 unspecified atom stereocenters. The summed E-state index contributed by atoms with van der Waals surface area (Å²) in [7, 11) is 2.94. The van der Waals surface area contributed by atoms with E-state index < -0.39 is 0 Å². The Morgan fingerprint density at radius 3 is 2.87 bits per heavy atom. The standard InChI is InChI=1S/C9H14N4O2/c1-13(15-2)9(14)8-6(10)7(11-12-8)5-3-4-5/h5H,3-4,10H2,1-2H3,(H,11,12). The topological polar surface area (TPSA) is 84.2 Å². The van der Waals surface area contributed by atoms with Crippen LogP contribution in [0.4, 0.5) is 5.69 Å². The number of amides is 1. The zero-order valence-electron chi connectivity index (χ0n) is 8.78. The first-order valence-corrected chi connectivity index (χ1v) is 4.81. The van der Waals surface area contributed by atoms with Crippen molar-refractivity contribution < 1.29 is 9.63 Å². The lowest BCUT2D eigenvalue weighted by molar-refractivity contribution is -0.0759. The SMILES string of the molecule is CON(C)C(=O)c1n[nH]c(C2CC2)c1N. The number of carbonyl (C=O) groups is 1.